The summed E-state index contributed by atoms with van der Waals surface area (Å²) in [5, 5.41) is 11.0. The Hall–Kier alpha value is -0.160. The van der Waals surface area contributed by atoms with Crippen LogP contribution in [0.25, 0.3) is 0 Å². The van der Waals surface area contributed by atoms with Crippen LogP contribution in [0, 0.1) is 0 Å². The third-order valence-corrected chi connectivity index (χ3v) is 4.42. The Morgan fingerprint density at radius 3 is 2.16 bits per heavy atom. The van der Waals surface area contributed by atoms with Gasteiger partial charge in [-0.2, -0.15) is 0 Å². The van der Waals surface area contributed by atoms with Crippen molar-refractivity contribution >= 4 is 0 Å². The Bertz CT molecular complexity index is 279. The van der Waals surface area contributed by atoms with Crippen molar-refractivity contribution in [2.75, 3.05) is 26.2 Å². The maximum Gasteiger partial charge on any atom is 0.0728 e. The predicted octanol–water partition coefficient (Wildman–Crippen LogP) is 1.14. The summed E-state index contributed by atoms with van der Waals surface area (Å²) in [5.74, 6) is 0. The normalized spacial score (nSPS) is 31.6. The number of hydrogen-bond donors (Lipinski definition) is 3. The monoisotopic (exact) mass is 268 g/mol. The van der Waals surface area contributed by atoms with Crippen molar-refractivity contribution in [1.29, 1.82) is 0 Å². The van der Waals surface area contributed by atoms with Gasteiger partial charge in [-0.05, 0) is 47.1 Å². The fourth-order valence-corrected chi connectivity index (χ4v) is 4.11. The van der Waals surface area contributed by atoms with E-state index >= 15 is 0 Å². The Labute approximate surface area is 118 Å². The zero-order chi connectivity index (χ0) is 14.1. The second-order valence-corrected chi connectivity index (χ2v) is 7.46. The van der Waals surface area contributed by atoms with Crippen molar-refractivity contribution in [3.05, 3.63) is 0 Å². The molecule has 0 aromatic carbocycles. The molecule has 4 heteroatoms. The summed E-state index contributed by atoms with van der Waals surface area (Å²) in [4.78, 5) is 2.66. The van der Waals surface area contributed by atoms with Crippen molar-refractivity contribution in [2.24, 2.45) is 0 Å². The van der Waals surface area contributed by atoms with Gasteiger partial charge in [0.1, 0.15) is 0 Å². The number of piperidine rings is 1. The first kappa shape index (κ1) is 15.2. The van der Waals surface area contributed by atoms with E-state index in [0.29, 0.717) is 12.2 Å². The molecule has 2 heterocycles. The summed E-state index contributed by atoms with van der Waals surface area (Å²) < 4.78 is 0. The van der Waals surface area contributed by atoms with Gasteiger partial charge in [0.2, 0.25) is 0 Å². The molecule has 1 atom stereocenters. The van der Waals surface area contributed by atoms with E-state index in [2.05, 4.69) is 55.5 Å². The third-order valence-electron chi connectivity index (χ3n) is 4.42. The molecule has 0 spiro atoms. The SMILES string of the molecule is CCN(C1CC(C)(C)NC(C)(C)C1)C1CNCCN1. The van der Waals surface area contributed by atoms with Gasteiger partial charge < -0.3 is 10.6 Å². The first-order valence-electron chi connectivity index (χ1n) is 7.82. The van der Waals surface area contributed by atoms with Crippen LogP contribution in [0.2, 0.25) is 0 Å². The molecule has 2 fully saturated rings. The molecular formula is C15H32N4. The molecule has 112 valence electrons. The number of rotatable bonds is 3. The molecule has 2 aliphatic rings. The van der Waals surface area contributed by atoms with E-state index in [1.165, 1.54) is 12.8 Å². The lowest BCUT2D eigenvalue weighted by molar-refractivity contribution is 0.0276. The standard InChI is InChI=1S/C15H32N4/c1-6-19(13-11-16-7-8-17-13)12-9-14(2,3)18-15(4,5)10-12/h12-13,16-18H,6-11H2,1-5H3. The summed E-state index contributed by atoms with van der Waals surface area (Å²) in [6.07, 6.45) is 2.94. The minimum atomic E-state index is 0.224. The van der Waals surface area contributed by atoms with E-state index in [-0.39, 0.29) is 11.1 Å². The van der Waals surface area contributed by atoms with Gasteiger partial charge in [0.05, 0.1) is 6.17 Å². The Morgan fingerprint density at radius 1 is 1.05 bits per heavy atom. The average Bonchev–Trinajstić information content (AvgIpc) is 2.27. The molecule has 2 saturated heterocycles. The fraction of sp³-hybridized carbons (Fsp3) is 1.00. The molecule has 1 unspecified atom stereocenters. The fourth-order valence-electron chi connectivity index (χ4n) is 4.11. The number of hydrogen-bond acceptors (Lipinski definition) is 4. The number of nitrogens with zero attached hydrogens (tertiary/aromatic N) is 1. The molecular weight excluding hydrogens is 236 g/mol. The van der Waals surface area contributed by atoms with Crippen molar-refractivity contribution in [1.82, 2.24) is 20.9 Å². The van der Waals surface area contributed by atoms with Gasteiger partial charge in [-0.1, -0.05) is 6.92 Å². The summed E-state index contributed by atoms with van der Waals surface area (Å²) >= 11 is 0. The second kappa shape index (κ2) is 5.68. The summed E-state index contributed by atoms with van der Waals surface area (Å²) in [6.45, 7) is 16.0. The molecule has 0 amide bonds. The molecule has 0 saturated carbocycles. The summed E-state index contributed by atoms with van der Waals surface area (Å²) in [7, 11) is 0. The number of likely N-dealkylation sites (N-methyl/N-ethyl adjacent to an activating group) is 1. The molecule has 0 bridgehead atoms. The third kappa shape index (κ3) is 3.91. The van der Waals surface area contributed by atoms with Crippen molar-refractivity contribution in [2.45, 2.75) is 70.7 Å². The van der Waals surface area contributed by atoms with Crippen LogP contribution in [0.4, 0.5) is 0 Å². The van der Waals surface area contributed by atoms with Gasteiger partial charge in [-0.3, -0.25) is 10.2 Å². The highest BCUT2D eigenvalue weighted by Gasteiger charge is 2.41. The lowest BCUT2D eigenvalue weighted by atomic mass is 9.79. The van der Waals surface area contributed by atoms with Crippen LogP contribution in [0.15, 0.2) is 0 Å². The highest BCUT2D eigenvalue weighted by Crippen LogP contribution is 2.32. The van der Waals surface area contributed by atoms with Crippen LogP contribution in [-0.4, -0.2) is 54.4 Å². The highest BCUT2D eigenvalue weighted by molar-refractivity contribution is 5.01. The lowest BCUT2D eigenvalue weighted by Gasteiger charge is -2.51. The largest absolute Gasteiger partial charge is 0.313 e. The van der Waals surface area contributed by atoms with Gasteiger partial charge in [0, 0.05) is 36.8 Å². The maximum absolute atomic E-state index is 3.78. The van der Waals surface area contributed by atoms with Gasteiger partial charge in [0.25, 0.3) is 0 Å². The highest BCUT2D eigenvalue weighted by atomic mass is 15.3. The predicted molar refractivity (Wildman–Crippen MR) is 81.4 cm³/mol. The molecule has 0 aromatic heterocycles. The van der Waals surface area contributed by atoms with Gasteiger partial charge >= 0.3 is 0 Å². The van der Waals surface area contributed by atoms with Crippen LogP contribution in [-0.2, 0) is 0 Å². The molecule has 4 nitrogen and oxygen atoms in total. The second-order valence-electron chi connectivity index (χ2n) is 7.46. The zero-order valence-corrected chi connectivity index (χ0v) is 13.3. The molecule has 2 aliphatic heterocycles. The zero-order valence-electron chi connectivity index (χ0n) is 13.3. The van der Waals surface area contributed by atoms with Crippen molar-refractivity contribution < 1.29 is 0 Å². The van der Waals surface area contributed by atoms with Gasteiger partial charge in [-0.25, -0.2) is 0 Å². The lowest BCUT2D eigenvalue weighted by Crippen LogP contribution is -2.66. The smallest absolute Gasteiger partial charge is 0.0728 e. The van der Waals surface area contributed by atoms with Gasteiger partial charge in [-0.15, -0.1) is 0 Å². The first-order valence-corrected chi connectivity index (χ1v) is 7.82. The van der Waals surface area contributed by atoms with Crippen LogP contribution < -0.4 is 16.0 Å². The van der Waals surface area contributed by atoms with Gasteiger partial charge in [0.15, 0.2) is 0 Å². The minimum absolute atomic E-state index is 0.224. The van der Waals surface area contributed by atoms with Crippen LogP contribution >= 0.6 is 0 Å². The Kier molecular flexibility index (Phi) is 4.56. The number of piperazine rings is 1. The summed E-state index contributed by atoms with van der Waals surface area (Å²) in [5.41, 5.74) is 0.448. The van der Waals surface area contributed by atoms with E-state index in [0.717, 1.165) is 26.2 Å². The van der Waals surface area contributed by atoms with E-state index in [1.54, 1.807) is 0 Å². The van der Waals surface area contributed by atoms with Crippen LogP contribution in [0.3, 0.4) is 0 Å². The van der Waals surface area contributed by atoms with E-state index in [4.69, 9.17) is 0 Å². The van der Waals surface area contributed by atoms with Crippen LogP contribution in [0.5, 0.6) is 0 Å². The molecule has 3 N–H and O–H groups in total. The number of nitrogens with one attached hydrogen (secondary N) is 3. The van der Waals surface area contributed by atoms with Crippen molar-refractivity contribution in [3.63, 3.8) is 0 Å². The van der Waals surface area contributed by atoms with Crippen molar-refractivity contribution in [3.8, 4) is 0 Å². The van der Waals surface area contributed by atoms with E-state index < -0.39 is 0 Å². The molecule has 0 aromatic rings. The van der Waals surface area contributed by atoms with Crippen LogP contribution in [0.1, 0.15) is 47.5 Å². The molecule has 19 heavy (non-hydrogen) atoms. The minimum Gasteiger partial charge on any atom is -0.313 e. The topological polar surface area (TPSA) is 39.3 Å². The Balaban J connectivity index is 2.08. The van der Waals surface area contributed by atoms with E-state index in [9.17, 15) is 0 Å². The quantitative estimate of drug-likeness (QED) is 0.718. The molecule has 0 aliphatic carbocycles. The summed E-state index contributed by atoms with van der Waals surface area (Å²) in [6, 6.07) is 0.661. The molecule has 2 rings (SSSR count). The average molecular weight is 268 g/mol. The maximum atomic E-state index is 3.78. The van der Waals surface area contributed by atoms with E-state index in [1.807, 2.05) is 0 Å². The molecule has 0 radical (unpaired) electrons. The Morgan fingerprint density at radius 2 is 1.68 bits per heavy atom. The first-order chi connectivity index (χ1) is 8.83.